The molecule has 0 aliphatic carbocycles. The van der Waals surface area contributed by atoms with Crippen molar-refractivity contribution in [2.45, 2.75) is 65.5 Å². The highest BCUT2D eigenvalue weighted by atomic mass is 16.5. The molecule has 0 bridgehead atoms. The molecule has 1 fully saturated rings. The molecule has 1 aromatic rings. The van der Waals surface area contributed by atoms with Crippen molar-refractivity contribution in [3.05, 3.63) is 24.3 Å². The largest absolute Gasteiger partial charge is 0.454 e. The number of amides is 3. The molecule has 3 amide bonds. The quantitative estimate of drug-likeness (QED) is 0.219. The fourth-order valence-corrected chi connectivity index (χ4v) is 3.78. The van der Waals surface area contributed by atoms with Gasteiger partial charge in [-0.1, -0.05) is 27.7 Å². The molecule has 204 valence electrons. The van der Waals surface area contributed by atoms with Gasteiger partial charge in [0.15, 0.2) is 12.4 Å². The second kappa shape index (κ2) is 14.9. The van der Waals surface area contributed by atoms with Gasteiger partial charge in [-0.2, -0.15) is 0 Å². The van der Waals surface area contributed by atoms with E-state index in [1.807, 2.05) is 13.8 Å². The first kappa shape index (κ1) is 29.7. The summed E-state index contributed by atoms with van der Waals surface area (Å²) < 4.78 is 5.03. The average Bonchev–Trinajstić information content (AvgIpc) is 3.37. The van der Waals surface area contributed by atoms with Gasteiger partial charge in [0.25, 0.3) is 0 Å². The number of nitrogens with one attached hydrogen (secondary N) is 4. The number of imidazole rings is 1. The smallest absolute Gasteiger partial charge is 0.331 e. The molecule has 2 rings (SSSR count). The molecule has 1 aromatic heterocycles. The Bertz CT molecular complexity index is 959. The molecule has 0 unspecified atom stereocenters. The van der Waals surface area contributed by atoms with Crippen LogP contribution in [0.2, 0.25) is 0 Å². The van der Waals surface area contributed by atoms with E-state index in [2.05, 4.69) is 26.0 Å². The van der Waals surface area contributed by atoms with Crippen LogP contribution in [0.3, 0.4) is 0 Å². The van der Waals surface area contributed by atoms with Gasteiger partial charge in [-0.05, 0) is 30.8 Å². The number of hydrazine groups is 1. The highest BCUT2D eigenvalue weighted by molar-refractivity contribution is 5.95. The van der Waals surface area contributed by atoms with Crippen LogP contribution in [0, 0.1) is 11.8 Å². The maximum atomic E-state index is 13.1. The molecule has 4 N–H and O–H groups in total. The number of carbonyl (C=O) groups excluding carboxylic acids is 5. The summed E-state index contributed by atoms with van der Waals surface area (Å²) in [5, 5.41) is 6.74. The Kier molecular flexibility index (Phi) is 11.9. The van der Waals surface area contributed by atoms with E-state index >= 15 is 0 Å². The van der Waals surface area contributed by atoms with Crippen LogP contribution >= 0.6 is 0 Å². The number of nitrogens with zero attached hydrogens (tertiary/aromatic N) is 2. The molecule has 1 aliphatic heterocycles. The summed E-state index contributed by atoms with van der Waals surface area (Å²) in [6, 6.07) is -1.70. The fourth-order valence-electron chi connectivity index (χ4n) is 3.78. The van der Waals surface area contributed by atoms with E-state index < -0.39 is 36.4 Å². The molecular formula is C25H38N6O6. The van der Waals surface area contributed by atoms with Crippen LogP contribution in [0.15, 0.2) is 18.6 Å². The minimum Gasteiger partial charge on any atom is -0.454 e. The number of H-pyrrole nitrogens is 1. The van der Waals surface area contributed by atoms with Crippen LogP contribution in [0.1, 0.15) is 59.1 Å². The van der Waals surface area contributed by atoms with Crippen LogP contribution in [-0.2, 0) is 28.7 Å². The Labute approximate surface area is 216 Å². The lowest BCUT2D eigenvalue weighted by Gasteiger charge is -2.36. The minimum absolute atomic E-state index is 0.0369. The number of Topliss-reactive ketones (excluding diaryl/α,β-unsaturated/α-hetero) is 1. The maximum absolute atomic E-state index is 13.1. The van der Waals surface area contributed by atoms with E-state index in [0.717, 1.165) is 0 Å². The van der Waals surface area contributed by atoms with Crippen LogP contribution in [-0.4, -0.2) is 76.2 Å². The first-order chi connectivity index (χ1) is 17.6. The summed E-state index contributed by atoms with van der Waals surface area (Å²) in [4.78, 5) is 69.1. The summed E-state index contributed by atoms with van der Waals surface area (Å²) in [7, 11) is 0. The lowest BCUT2D eigenvalue weighted by molar-refractivity contribution is -0.148. The van der Waals surface area contributed by atoms with Gasteiger partial charge in [-0.15, -0.1) is 0 Å². The maximum Gasteiger partial charge on any atom is 0.331 e. The number of hydrogen-bond donors (Lipinski definition) is 4. The van der Waals surface area contributed by atoms with Gasteiger partial charge in [-0.25, -0.2) is 15.2 Å². The molecule has 2 atom stereocenters. The van der Waals surface area contributed by atoms with Crippen molar-refractivity contribution in [2.75, 3.05) is 19.7 Å². The molecule has 12 nitrogen and oxygen atoms in total. The summed E-state index contributed by atoms with van der Waals surface area (Å²) in [6.07, 6.45) is 7.15. The topological polar surface area (TPSA) is 163 Å². The van der Waals surface area contributed by atoms with Crippen molar-refractivity contribution in [2.24, 2.45) is 11.8 Å². The standard InChI is InChI=1S/C25H38N6O6/c1-16(2)12-21(33)27-11-9-22(34)31-19(6-5-10-29-31)25(36)30-24(17(3)4)20(32)14-37-23(35)8-7-18-13-26-15-28-18/h7-8,13,15-17,19,24,29H,5-6,9-12,14H2,1-4H3,(H,26,28)(H,27,33)(H,30,36)/b8-7+/t19-,24-/m0/s1. The SMILES string of the molecule is CC(C)CC(=O)NCCC(=O)N1NCCC[C@H]1C(=O)N[C@H](C(=O)COC(=O)/C=C/c1cnc[nH]1)C(C)C. The molecule has 0 radical (unpaired) electrons. The van der Waals surface area contributed by atoms with Gasteiger partial charge >= 0.3 is 5.97 Å². The zero-order valence-corrected chi connectivity index (χ0v) is 21.9. The Morgan fingerprint density at radius 2 is 1.97 bits per heavy atom. The first-order valence-electron chi connectivity index (χ1n) is 12.6. The third-order valence-corrected chi connectivity index (χ3v) is 5.66. The Morgan fingerprint density at radius 1 is 1.22 bits per heavy atom. The van der Waals surface area contributed by atoms with Crippen molar-refractivity contribution in [3.63, 3.8) is 0 Å². The number of aromatic amines is 1. The molecular weight excluding hydrogens is 480 g/mol. The second-order valence-electron chi connectivity index (χ2n) is 9.67. The van der Waals surface area contributed by atoms with Crippen molar-refractivity contribution >= 4 is 35.6 Å². The van der Waals surface area contributed by atoms with Crippen LogP contribution in [0.25, 0.3) is 6.08 Å². The zero-order valence-electron chi connectivity index (χ0n) is 21.9. The van der Waals surface area contributed by atoms with Gasteiger partial charge in [-0.3, -0.25) is 24.2 Å². The van der Waals surface area contributed by atoms with Crippen molar-refractivity contribution in [1.29, 1.82) is 0 Å². The number of carbonyl (C=O) groups is 5. The van der Waals surface area contributed by atoms with E-state index in [4.69, 9.17) is 4.74 Å². The van der Waals surface area contributed by atoms with E-state index in [0.29, 0.717) is 31.5 Å². The molecule has 0 saturated carbocycles. The molecule has 2 heterocycles. The third kappa shape index (κ3) is 10.2. The normalized spacial score (nSPS) is 16.6. The van der Waals surface area contributed by atoms with E-state index in [-0.39, 0.29) is 36.6 Å². The van der Waals surface area contributed by atoms with E-state index in [1.165, 1.54) is 29.7 Å². The molecule has 0 spiro atoms. The van der Waals surface area contributed by atoms with Gasteiger partial charge in [0, 0.05) is 32.0 Å². The Morgan fingerprint density at radius 3 is 2.62 bits per heavy atom. The van der Waals surface area contributed by atoms with Crippen LogP contribution in [0.5, 0.6) is 0 Å². The van der Waals surface area contributed by atoms with Crippen molar-refractivity contribution in [3.8, 4) is 0 Å². The first-order valence-corrected chi connectivity index (χ1v) is 12.6. The number of ether oxygens (including phenoxy) is 1. The third-order valence-electron chi connectivity index (χ3n) is 5.66. The molecule has 12 heteroatoms. The average molecular weight is 519 g/mol. The number of rotatable bonds is 13. The molecule has 1 saturated heterocycles. The molecule has 1 aliphatic rings. The fraction of sp³-hybridized carbons (Fsp3) is 0.600. The van der Waals surface area contributed by atoms with Gasteiger partial charge in [0.2, 0.25) is 17.7 Å². The Hall–Kier alpha value is -3.54. The summed E-state index contributed by atoms with van der Waals surface area (Å²) in [5.41, 5.74) is 3.56. The lowest BCUT2D eigenvalue weighted by atomic mass is 9.98. The number of hydrogen-bond acceptors (Lipinski definition) is 8. The predicted molar refractivity (Wildman–Crippen MR) is 135 cm³/mol. The van der Waals surface area contributed by atoms with E-state index in [1.54, 1.807) is 13.8 Å². The number of ketones is 1. The van der Waals surface area contributed by atoms with Gasteiger partial charge in [0.1, 0.15) is 6.04 Å². The minimum atomic E-state index is -0.897. The van der Waals surface area contributed by atoms with E-state index in [9.17, 15) is 24.0 Å². The highest BCUT2D eigenvalue weighted by Gasteiger charge is 2.35. The Balaban J connectivity index is 1.90. The highest BCUT2D eigenvalue weighted by Crippen LogP contribution is 2.14. The lowest BCUT2D eigenvalue weighted by Crippen LogP contribution is -2.61. The zero-order chi connectivity index (χ0) is 27.4. The van der Waals surface area contributed by atoms with Gasteiger partial charge < -0.3 is 20.4 Å². The molecule has 0 aromatic carbocycles. The summed E-state index contributed by atoms with van der Waals surface area (Å²) in [5.74, 6) is -2.14. The second-order valence-corrected chi connectivity index (χ2v) is 9.67. The van der Waals surface area contributed by atoms with Crippen molar-refractivity contribution < 1.29 is 28.7 Å². The van der Waals surface area contributed by atoms with Crippen LogP contribution < -0.4 is 16.1 Å². The van der Waals surface area contributed by atoms with Gasteiger partial charge in [0.05, 0.1) is 24.3 Å². The molecule has 37 heavy (non-hydrogen) atoms. The summed E-state index contributed by atoms with van der Waals surface area (Å²) in [6.45, 7) is 7.61. The number of esters is 1. The van der Waals surface area contributed by atoms with Crippen molar-refractivity contribution in [1.82, 2.24) is 31.0 Å². The number of aromatic nitrogens is 2. The monoisotopic (exact) mass is 518 g/mol. The van der Waals surface area contributed by atoms with Crippen LogP contribution in [0.4, 0.5) is 0 Å². The predicted octanol–water partition coefficient (Wildman–Crippen LogP) is 0.724. The summed E-state index contributed by atoms with van der Waals surface area (Å²) >= 11 is 0.